The number of rotatable bonds is 4. The van der Waals surface area contributed by atoms with Gasteiger partial charge in [-0.25, -0.2) is 0 Å². The van der Waals surface area contributed by atoms with Crippen LogP contribution in [-0.2, 0) is 9.53 Å². The van der Waals surface area contributed by atoms with Gasteiger partial charge in [0.2, 0.25) is 0 Å². The zero-order chi connectivity index (χ0) is 13.8. The van der Waals surface area contributed by atoms with Gasteiger partial charge in [0, 0.05) is 0 Å². The maximum atomic E-state index is 12.2. The van der Waals surface area contributed by atoms with E-state index in [-0.39, 0.29) is 25.6 Å². The Bertz CT molecular complexity index is 393. The molecule has 0 amide bonds. The molecule has 7 heteroatoms. The molecular weight excluding hydrogens is 474 g/mol. The first-order valence-electron chi connectivity index (χ1n) is 6.67. The van der Waals surface area contributed by atoms with Gasteiger partial charge in [-0.1, -0.05) is 0 Å². The number of fused-ring (bicyclic) bond motifs is 1. The normalized spacial score (nSPS) is 35.3. The summed E-state index contributed by atoms with van der Waals surface area (Å²) in [5, 5.41) is 10.2. The molecule has 1 saturated carbocycles. The summed E-state index contributed by atoms with van der Waals surface area (Å²) in [5.41, 5.74) is -0.779. The van der Waals surface area contributed by atoms with E-state index in [0.29, 0.717) is 0 Å². The van der Waals surface area contributed by atoms with Gasteiger partial charge < -0.3 is 0 Å². The number of halogens is 2. The third-order valence-corrected chi connectivity index (χ3v) is 11.3. The summed E-state index contributed by atoms with van der Waals surface area (Å²) >= 11 is 1.09. The third kappa shape index (κ3) is 2.77. The van der Waals surface area contributed by atoms with Crippen molar-refractivity contribution >= 4 is 48.9 Å². The summed E-state index contributed by atoms with van der Waals surface area (Å²) in [6, 6.07) is 0. The van der Waals surface area contributed by atoms with E-state index in [9.17, 15) is 9.90 Å². The first kappa shape index (κ1) is 14.7. The maximum absolute atomic E-state index is 12.2. The van der Waals surface area contributed by atoms with E-state index in [1.807, 2.05) is 13.8 Å². The minimum atomic E-state index is -1.09. The summed E-state index contributed by atoms with van der Waals surface area (Å²) in [6.45, 7) is 3.64. The van der Waals surface area contributed by atoms with Crippen LogP contribution in [0.2, 0.25) is 0 Å². The van der Waals surface area contributed by atoms with Crippen molar-refractivity contribution < 1.29 is 14.6 Å². The Morgan fingerprint density at radius 1 is 1.47 bits per heavy atom. The van der Waals surface area contributed by atoms with Gasteiger partial charge in [-0.2, -0.15) is 0 Å². The van der Waals surface area contributed by atoms with Crippen molar-refractivity contribution in [1.82, 2.24) is 7.06 Å². The van der Waals surface area contributed by atoms with Gasteiger partial charge in [0.1, 0.15) is 0 Å². The number of carbonyl (C=O) groups excluding carboxylic acids is 1. The van der Waals surface area contributed by atoms with Crippen molar-refractivity contribution in [2.45, 2.75) is 58.8 Å². The zero-order valence-electron chi connectivity index (χ0n) is 11.1. The molecule has 3 atom stereocenters. The molecule has 0 radical (unpaired) electrons. The molecule has 0 bridgehead atoms. The van der Waals surface area contributed by atoms with Crippen LogP contribution in [0.5, 0.6) is 0 Å². The second kappa shape index (κ2) is 4.92. The van der Waals surface area contributed by atoms with Crippen molar-refractivity contribution in [2.24, 2.45) is 5.92 Å². The van der Waals surface area contributed by atoms with Gasteiger partial charge in [-0.05, 0) is 0 Å². The fraction of sp³-hybridized carbons (Fsp3) is 0.917. The van der Waals surface area contributed by atoms with Crippen LogP contribution in [0.15, 0.2) is 0 Å². The Morgan fingerprint density at radius 2 is 2.05 bits per heavy atom. The molecule has 3 unspecified atom stereocenters. The molecule has 110 valence electrons. The molecule has 0 aromatic rings. The van der Waals surface area contributed by atoms with Gasteiger partial charge in [0.15, 0.2) is 0 Å². The SMILES string of the molecule is CC(C)(O)C1CCCCC1OC(=O)C(I)C12NI1N2. The monoisotopic (exact) mass is 494 g/mol. The molecule has 0 aromatic carbocycles. The fourth-order valence-electron chi connectivity index (χ4n) is 2.85. The molecule has 3 aliphatic rings. The van der Waals surface area contributed by atoms with Crippen LogP contribution in [0, 0.1) is 5.92 Å². The molecule has 19 heavy (non-hydrogen) atoms. The second-order valence-electron chi connectivity index (χ2n) is 6.07. The molecule has 3 rings (SSSR count). The Kier molecular flexibility index (Phi) is 3.82. The molecule has 5 nitrogen and oxygen atoms in total. The summed E-state index contributed by atoms with van der Waals surface area (Å²) in [5.74, 6) is -0.0701. The predicted octanol–water partition coefficient (Wildman–Crippen LogP) is 1.86. The first-order chi connectivity index (χ1) is 8.84. The van der Waals surface area contributed by atoms with E-state index in [1.165, 1.54) is 0 Å². The van der Waals surface area contributed by atoms with Crippen LogP contribution in [0.1, 0.15) is 39.5 Å². The summed E-state index contributed by atoms with van der Waals surface area (Å²) in [4.78, 5) is 12.2. The molecule has 0 aromatic heterocycles. The molecule has 1 aliphatic carbocycles. The number of esters is 1. The summed E-state index contributed by atoms with van der Waals surface area (Å²) < 4.78 is 12.3. The van der Waals surface area contributed by atoms with Crippen LogP contribution < -0.4 is 7.06 Å². The molecule has 3 fully saturated rings. The fourth-order valence-corrected chi connectivity index (χ4v) is 10.2. The number of hydrogen-bond acceptors (Lipinski definition) is 5. The Hall–Kier alpha value is 0.810. The van der Waals surface area contributed by atoms with E-state index in [0.717, 1.165) is 25.7 Å². The van der Waals surface area contributed by atoms with Gasteiger partial charge in [-0.3, -0.25) is 0 Å². The van der Waals surface area contributed by atoms with Crippen molar-refractivity contribution in [3.8, 4) is 0 Å². The van der Waals surface area contributed by atoms with E-state index >= 15 is 0 Å². The number of hydrogen-bond donors (Lipinski definition) is 3. The Labute approximate surface area is 134 Å². The van der Waals surface area contributed by atoms with Crippen LogP contribution in [-0.4, -0.2) is 30.4 Å². The predicted molar refractivity (Wildman–Crippen MR) is 89.0 cm³/mol. The second-order valence-corrected chi connectivity index (χ2v) is 11.7. The summed E-state index contributed by atoms with van der Waals surface area (Å²) in [6.07, 6.45) is 3.87. The van der Waals surface area contributed by atoms with Gasteiger partial charge in [0.25, 0.3) is 0 Å². The summed E-state index contributed by atoms with van der Waals surface area (Å²) in [7, 11) is 0. The number of carbonyl (C=O) groups is 1. The van der Waals surface area contributed by atoms with Crippen LogP contribution in [0.25, 0.3) is 0 Å². The van der Waals surface area contributed by atoms with Crippen LogP contribution in [0.4, 0.5) is 0 Å². The van der Waals surface area contributed by atoms with E-state index < -0.39 is 26.0 Å². The van der Waals surface area contributed by atoms with E-state index in [2.05, 4.69) is 29.7 Å². The van der Waals surface area contributed by atoms with Gasteiger partial charge in [0.05, 0.1) is 0 Å². The van der Waals surface area contributed by atoms with Crippen LogP contribution >= 0.6 is 43.0 Å². The Morgan fingerprint density at radius 3 is 2.58 bits per heavy atom. The molecule has 2 saturated heterocycles. The molecule has 3 N–H and O–H groups in total. The number of nitrogens with one attached hydrogen (secondary N) is 2. The van der Waals surface area contributed by atoms with Crippen molar-refractivity contribution in [2.75, 3.05) is 0 Å². The molecule has 0 spiro atoms. The Balaban J connectivity index is 1.61. The van der Waals surface area contributed by atoms with Crippen molar-refractivity contribution in [3.63, 3.8) is 0 Å². The number of alkyl halides is 2. The van der Waals surface area contributed by atoms with Gasteiger partial charge >= 0.3 is 135 Å². The number of aliphatic hydroxyl groups is 1. The molecule has 2 heterocycles. The number of ether oxygens (including phenoxy) is 1. The quantitative estimate of drug-likeness (QED) is 0.139. The first-order valence-corrected chi connectivity index (χ1v) is 11.2. The molecule has 2 aliphatic heterocycles. The molecular formula is C12H20I2N2O3. The minimum absolute atomic E-state index is 0.0273. The van der Waals surface area contributed by atoms with Crippen molar-refractivity contribution in [3.05, 3.63) is 0 Å². The van der Waals surface area contributed by atoms with Gasteiger partial charge in [-0.15, -0.1) is 0 Å². The average molecular weight is 494 g/mol. The average Bonchev–Trinajstić information content (AvgIpc) is 3.15. The third-order valence-electron chi connectivity index (χ3n) is 4.12. The standard InChI is InChI=1S/C12H20I2N2O3/c1-11(2,18)7-5-3-4-6-8(7)19-10(17)9(13)12-14(15-12)16-12/h7-9,15-16,18H,3-6H2,1-2H3. The van der Waals surface area contributed by atoms with Crippen molar-refractivity contribution in [1.29, 1.82) is 0 Å². The van der Waals surface area contributed by atoms with E-state index in [1.54, 1.807) is 0 Å². The topological polar surface area (TPSA) is 90.4 Å². The van der Waals surface area contributed by atoms with E-state index in [4.69, 9.17) is 4.74 Å². The van der Waals surface area contributed by atoms with Crippen LogP contribution in [0.3, 0.4) is 0 Å². The zero-order valence-corrected chi connectivity index (χ0v) is 15.4.